The number of hydrogen-bond donors (Lipinski definition) is 0. The molecule has 1 rings (SSSR count). The van der Waals surface area contributed by atoms with Crippen molar-refractivity contribution in [2.75, 3.05) is 20.3 Å². The lowest BCUT2D eigenvalue weighted by molar-refractivity contribution is 0.145. The second-order valence-electron chi connectivity index (χ2n) is 3.40. The van der Waals surface area contributed by atoms with Gasteiger partial charge in [0.2, 0.25) is 0 Å². The number of benzene rings is 1. The molecule has 0 amide bonds. The first-order chi connectivity index (χ1) is 7.29. The Morgan fingerprint density at radius 3 is 2.73 bits per heavy atom. The highest BCUT2D eigenvalue weighted by molar-refractivity contribution is 5.37. The number of ether oxygens (including phenoxy) is 2. The molecule has 0 spiro atoms. The van der Waals surface area contributed by atoms with Crippen molar-refractivity contribution in [3.05, 3.63) is 42.5 Å². The van der Waals surface area contributed by atoms with Gasteiger partial charge in [-0.3, -0.25) is 0 Å². The number of methoxy groups -OCH3 is 1. The Bertz CT molecular complexity index is 307. The van der Waals surface area contributed by atoms with E-state index in [4.69, 9.17) is 9.47 Å². The zero-order valence-electron chi connectivity index (χ0n) is 9.40. The van der Waals surface area contributed by atoms with Crippen molar-refractivity contribution in [3.63, 3.8) is 0 Å². The highest BCUT2D eigenvalue weighted by atomic mass is 16.5. The lowest BCUT2D eigenvalue weighted by atomic mass is 10.0. The summed E-state index contributed by atoms with van der Waals surface area (Å²) >= 11 is 0. The van der Waals surface area contributed by atoms with Crippen LogP contribution >= 0.6 is 0 Å². The van der Waals surface area contributed by atoms with E-state index in [9.17, 15) is 0 Å². The van der Waals surface area contributed by atoms with Crippen molar-refractivity contribution < 1.29 is 9.47 Å². The number of rotatable bonds is 6. The van der Waals surface area contributed by atoms with Crippen LogP contribution in [-0.4, -0.2) is 20.3 Å². The summed E-state index contributed by atoms with van der Waals surface area (Å²) in [7, 11) is 1.67. The molecule has 0 radical (unpaired) electrons. The number of allylic oxidation sites excluding steroid dienone is 1. The summed E-state index contributed by atoms with van der Waals surface area (Å²) < 4.78 is 10.6. The maximum absolute atomic E-state index is 5.63. The van der Waals surface area contributed by atoms with Gasteiger partial charge in [-0.1, -0.05) is 31.2 Å². The van der Waals surface area contributed by atoms with Gasteiger partial charge in [-0.15, -0.1) is 6.58 Å². The maximum Gasteiger partial charge on any atom is 0.123 e. The summed E-state index contributed by atoms with van der Waals surface area (Å²) in [5, 5.41) is 0. The second kappa shape index (κ2) is 6.25. The van der Waals surface area contributed by atoms with Crippen LogP contribution in [0, 0.1) is 0 Å². The summed E-state index contributed by atoms with van der Waals surface area (Å²) in [6.07, 6.45) is 1.92. The van der Waals surface area contributed by atoms with Crippen LogP contribution in [0.4, 0.5) is 0 Å². The minimum absolute atomic E-state index is 0.309. The Morgan fingerprint density at radius 2 is 2.07 bits per heavy atom. The van der Waals surface area contributed by atoms with Crippen LogP contribution in [0.1, 0.15) is 18.4 Å². The highest BCUT2D eigenvalue weighted by Crippen LogP contribution is 2.26. The Labute approximate surface area is 91.5 Å². The fourth-order valence-corrected chi connectivity index (χ4v) is 1.35. The smallest absolute Gasteiger partial charge is 0.123 e. The van der Waals surface area contributed by atoms with Crippen molar-refractivity contribution in [3.8, 4) is 5.75 Å². The largest absolute Gasteiger partial charge is 0.491 e. The van der Waals surface area contributed by atoms with Gasteiger partial charge in [-0.05, 0) is 6.07 Å². The Balaban J connectivity index is 2.72. The molecule has 0 aromatic heterocycles. The van der Waals surface area contributed by atoms with Crippen LogP contribution in [0.3, 0.4) is 0 Å². The third-order valence-electron chi connectivity index (χ3n) is 2.31. The molecule has 0 N–H and O–H groups in total. The fraction of sp³-hybridized carbons (Fsp3) is 0.385. The van der Waals surface area contributed by atoms with Crippen LogP contribution in [0.5, 0.6) is 5.75 Å². The van der Waals surface area contributed by atoms with Crippen molar-refractivity contribution in [1.82, 2.24) is 0 Å². The van der Waals surface area contributed by atoms with Crippen LogP contribution in [0.25, 0.3) is 0 Å². The monoisotopic (exact) mass is 206 g/mol. The second-order valence-corrected chi connectivity index (χ2v) is 3.40. The zero-order chi connectivity index (χ0) is 11.1. The molecule has 82 valence electrons. The van der Waals surface area contributed by atoms with E-state index in [-0.39, 0.29) is 0 Å². The summed E-state index contributed by atoms with van der Waals surface area (Å²) in [5.74, 6) is 1.23. The molecule has 1 aromatic carbocycles. The van der Waals surface area contributed by atoms with E-state index in [1.165, 1.54) is 5.56 Å². The predicted molar refractivity (Wildman–Crippen MR) is 62.4 cm³/mol. The van der Waals surface area contributed by atoms with E-state index >= 15 is 0 Å². The number of para-hydroxylation sites is 1. The van der Waals surface area contributed by atoms with Crippen LogP contribution in [0.2, 0.25) is 0 Å². The molecule has 0 saturated heterocycles. The molecule has 2 heteroatoms. The van der Waals surface area contributed by atoms with E-state index in [0.29, 0.717) is 19.1 Å². The normalized spacial score (nSPS) is 12.1. The quantitative estimate of drug-likeness (QED) is 0.526. The zero-order valence-corrected chi connectivity index (χ0v) is 9.40. The SMILES string of the molecule is C=CC(C)c1ccccc1OCCOC. The van der Waals surface area contributed by atoms with E-state index in [2.05, 4.69) is 19.6 Å². The molecule has 2 nitrogen and oxygen atoms in total. The first-order valence-corrected chi connectivity index (χ1v) is 5.12. The minimum atomic E-state index is 0.309. The summed E-state index contributed by atoms with van der Waals surface area (Å²) in [6.45, 7) is 7.09. The first kappa shape index (κ1) is 11.8. The molecule has 0 aliphatic heterocycles. The van der Waals surface area contributed by atoms with E-state index in [1.54, 1.807) is 7.11 Å². The van der Waals surface area contributed by atoms with Crippen molar-refractivity contribution in [1.29, 1.82) is 0 Å². The Kier molecular flexibility index (Phi) is 4.91. The molecule has 0 heterocycles. The van der Waals surface area contributed by atoms with Crippen LogP contribution in [0.15, 0.2) is 36.9 Å². The minimum Gasteiger partial charge on any atom is -0.491 e. The van der Waals surface area contributed by atoms with Crippen LogP contribution in [-0.2, 0) is 4.74 Å². The van der Waals surface area contributed by atoms with Crippen molar-refractivity contribution in [2.24, 2.45) is 0 Å². The molecule has 0 saturated carbocycles. The lowest BCUT2D eigenvalue weighted by Crippen LogP contribution is -2.06. The molecule has 0 aliphatic rings. The third-order valence-corrected chi connectivity index (χ3v) is 2.31. The van der Waals surface area contributed by atoms with Crippen molar-refractivity contribution in [2.45, 2.75) is 12.8 Å². The van der Waals surface area contributed by atoms with Crippen LogP contribution < -0.4 is 4.74 Å². The predicted octanol–water partition coefficient (Wildman–Crippen LogP) is 3.00. The fourth-order valence-electron chi connectivity index (χ4n) is 1.35. The maximum atomic E-state index is 5.63. The topological polar surface area (TPSA) is 18.5 Å². The van der Waals surface area contributed by atoms with Gasteiger partial charge in [-0.2, -0.15) is 0 Å². The van der Waals surface area contributed by atoms with Gasteiger partial charge in [0.25, 0.3) is 0 Å². The molecule has 1 atom stereocenters. The molecule has 1 unspecified atom stereocenters. The van der Waals surface area contributed by atoms with Gasteiger partial charge in [0, 0.05) is 18.6 Å². The molecular formula is C13H18O2. The molecule has 15 heavy (non-hydrogen) atoms. The van der Waals surface area contributed by atoms with E-state index in [1.807, 2.05) is 24.3 Å². The van der Waals surface area contributed by atoms with Gasteiger partial charge in [0.1, 0.15) is 12.4 Å². The van der Waals surface area contributed by atoms with Gasteiger partial charge >= 0.3 is 0 Å². The van der Waals surface area contributed by atoms with Gasteiger partial charge in [-0.25, -0.2) is 0 Å². The third kappa shape index (κ3) is 3.40. The lowest BCUT2D eigenvalue weighted by Gasteiger charge is -2.13. The first-order valence-electron chi connectivity index (χ1n) is 5.12. The molecule has 0 bridgehead atoms. The standard InChI is InChI=1S/C13H18O2/c1-4-11(2)12-7-5-6-8-13(12)15-10-9-14-3/h4-8,11H,1,9-10H2,2-3H3. The van der Waals surface area contributed by atoms with Crippen molar-refractivity contribution >= 4 is 0 Å². The van der Waals surface area contributed by atoms with Gasteiger partial charge < -0.3 is 9.47 Å². The van der Waals surface area contributed by atoms with E-state index < -0.39 is 0 Å². The average molecular weight is 206 g/mol. The van der Waals surface area contributed by atoms with Gasteiger partial charge in [0.05, 0.1) is 6.61 Å². The Morgan fingerprint density at radius 1 is 1.33 bits per heavy atom. The summed E-state index contributed by atoms with van der Waals surface area (Å²) in [6, 6.07) is 8.03. The average Bonchev–Trinajstić information content (AvgIpc) is 2.29. The molecule has 0 aliphatic carbocycles. The molecule has 0 fully saturated rings. The molecule has 1 aromatic rings. The summed E-state index contributed by atoms with van der Waals surface area (Å²) in [4.78, 5) is 0. The summed E-state index contributed by atoms with van der Waals surface area (Å²) in [5.41, 5.74) is 1.17. The number of hydrogen-bond acceptors (Lipinski definition) is 2. The highest BCUT2D eigenvalue weighted by Gasteiger charge is 2.07. The van der Waals surface area contributed by atoms with Gasteiger partial charge in [0.15, 0.2) is 0 Å². The Hall–Kier alpha value is -1.28. The molecular weight excluding hydrogens is 188 g/mol. The van der Waals surface area contributed by atoms with E-state index in [0.717, 1.165) is 5.75 Å².